The summed E-state index contributed by atoms with van der Waals surface area (Å²) in [5.41, 5.74) is 2.58. The van der Waals surface area contributed by atoms with Gasteiger partial charge in [0.25, 0.3) is 0 Å². The number of hydrogen-bond acceptors (Lipinski definition) is 8. The summed E-state index contributed by atoms with van der Waals surface area (Å²) in [7, 11) is -0.767. The normalized spacial score (nSPS) is 11.2. The maximum Gasteiger partial charge on any atom is 0.233 e. The second-order valence-corrected chi connectivity index (χ2v) is 10.2. The van der Waals surface area contributed by atoms with Crippen LogP contribution in [0.5, 0.6) is 17.2 Å². The molecular weight excluding hydrogens is 492 g/mol. The number of sulfone groups is 1. The van der Waals surface area contributed by atoms with Crippen molar-refractivity contribution in [1.29, 1.82) is 0 Å². The maximum absolute atomic E-state index is 13.5. The molecule has 0 spiro atoms. The van der Waals surface area contributed by atoms with Gasteiger partial charge in [0.05, 0.1) is 25.7 Å². The lowest BCUT2D eigenvalue weighted by Crippen LogP contribution is -2.10. The Bertz CT molecular complexity index is 1450. The zero-order valence-electron chi connectivity index (χ0n) is 21.3. The number of ether oxygens (including phenoxy) is 3. The second kappa shape index (κ2) is 11.4. The van der Waals surface area contributed by atoms with Crippen LogP contribution in [0.1, 0.15) is 18.1 Å². The summed E-state index contributed by atoms with van der Waals surface area (Å²) >= 11 is 0. The minimum atomic E-state index is -3.93. The molecule has 9 heteroatoms. The SMILES string of the molecule is CCOc1ccc(-c2nc(S(=O)(=O)c3ccc(C)cc3)c(NCCc3ccc(OC)c(OC)c3)o2)cc1. The van der Waals surface area contributed by atoms with Crippen molar-refractivity contribution in [2.45, 2.75) is 30.2 Å². The van der Waals surface area contributed by atoms with Crippen LogP contribution in [0.4, 0.5) is 5.88 Å². The summed E-state index contributed by atoms with van der Waals surface area (Å²) in [5.74, 6) is 2.26. The van der Waals surface area contributed by atoms with Crippen molar-refractivity contribution in [3.05, 3.63) is 77.9 Å². The van der Waals surface area contributed by atoms with Gasteiger partial charge in [-0.3, -0.25) is 0 Å². The fourth-order valence-electron chi connectivity index (χ4n) is 3.77. The number of aryl methyl sites for hydroxylation is 1. The molecule has 37 heavy (non-hydrogen) atoms. The number of benzene rings is 3. The molecule has 4 aromatic rings. The first-order valence-corrected chi connectivity index (χ1v) is 13.3. The summed E-state index contributed by atoms with van der Waals surface area (Å²) in [4.78, 5) is 4.55. The van der Waals surface area contributed by atoms with Gasteiger partial charge in [0.1, 0.15) is 5.75 Å². The number of nitrogens with one attached hydrogen (secondary N) is 1. The van der Waals surface area contributed by atoms with Crippen LogP contribution in [0.3, 0.4) is 0 Å². The molecule has 0 saturated heterocycles. The van der Waals surface area contributed by atoms with Gasteiger partial charge in [0, 0.05) is 12.1 Å². The molecule has 0 unspecified atom stereocenters. The van der Waals surface area contributed by atoms with Gasteiger partial charge < -0.3 is 23.9 Å². The average Bonchev–Trinajstić information content (AvgIpc) is 3.34. The van der Waals surface area contributed by atoms with Crippen LogP contribution in [0.25, 0.3) is 11.5 Å². The van der Waals surface area contributed by atoms with Crippen molar-refractivity contribution in [3.8, 4) is 28.7 Å². The summed E-state index contributed by atoms with van der Waals surface area (Å²) in [6.07, 6.45) is 0.587. The van der Waals surface area contributed by atoms with Crippen LogP contribution >= 0.6 is 0 Å². The molecule has 0 fully saturated rings. The minimum Gasteiger partial charge on any atom is -0.494 e. The number of hydrogen-bond donors (Lipinski definition) is 1. The van der Waals surface area contributed by atoms with Crippen molar-refractivity contribution in [2.75, 3.05) is 32.7 Å². The zero-order chi connectivity index (χ0) is 26.4. The third kappa shape index (κ3) is 5.89. The highest BCUT2D eigenvalue weighted by molar-refractivity contribution is 7.91. The van der Waals surface area contributed by atoms with E-state index < -0.39 is 9.84 Å². The Morgan fingerprint density at radius 1 is 0.919 bits per heavy atom. The highest BCUT2D eigenvalue weighted by Gasteiger charge is 2.28. The highest BCUT2D eigenvalue weighted by atomic mass is 32.2. The molecule has 4 rings (SSSR count). The number of nitrogens with zero attached hydrogens (tertiary/aromatic N) is 1. The van der Waals surface area contributed by atoms with E-state index in [0.29, 0.717) is 42.4 Å². The molecule has 0 aliphatic heterocycles. The van der Waals surface area contributed by atoms with Crippen LogP contribution in [-0.4, -0.2) is 40.8 Å². The van der Waals surface area contributed by atoms with E-state index in [1.165, 1.54) is 0 Å². The Morgan fingerprint density at radius 3 is 2.27 bits per heavy atom. The van der Waals surface area contributed by atoms with Gasteiger partial charge in [0.15, 0.2) is 11.5 Å². The second-order valence-electron chi connectivity index (χ2n) is 8.29. The lowest BCUT2D eigenvalue weighted by atomic mass is 10.1. The number of rotatable bonds is 11. The average molecular weight is 523 g/mol. The van der Waals surface area contributed by atoms with E-state index in [1.54, 1.807) is 62.8 Å². The summed E-state index contributed by atoms with van der Waals surface area (Å²) in [5, 5.41) is 2.97. The van der Waals surface area contributed by atoms with Crippen molar-refractivity contribution in [2.24, 2.45) is 0 Å². The van der Waals surface area contributed by atoms with E-state index in [-0.39, 0.29) is 21.7 Å². The van der Waals surface area contributed by atoms with Crippen molar-refractivity contribution >= 4 is 15.7 Å². The third-order valence-corrected chi connectivity index (χ3v) is 7.42. The van der Waals surface area contributed by atoms with Crippen LogP contribution < -0.4 is 19.5 Å². The lowest BCUT2D eigenvalue weighted by molar-refractivity contribution is 0.340. The third-order valence-electron chi connectivity index (χ3n) is 5.74. The standard InChI is InChI=1S/C28H30N2O6S/c1-5-35-22-11-9-21(10-12-22)26-30-28(37(31,32)23-13-6-19(2)7-14-23)27(36-26)29-17-16-20-8-15-24(33-3)25(18-20)34-4/h6-15,18,29H,5,16-17H2,1-4H3. The topological polar surface area (TPSA) is 99.9 Å². The first kappa shape index (κ1) is 26.1. The first-order chi connectivity index (χ1) is 17.8. The number of aromatic nitrogens is 1. The Hall–Kier alpha value is -3.98. The van der Waals surface area contributed by atoms with Crippen LogP contribution in [0.15, 0.2) is 81.1 Å². The van der Waals surface area contributed by atoms with Crippen molar-refractivity contribution in [3.63, 3.8) is 0 Å². The van der Waals surface area contributed by atoms with Gasteiger partial charge in [-0.25, -0.2) is 8.42 Å². The molecule has 0 amide bonds. The molecular formula is C28H30N2O6S. The lowest BCUT2D eigenvalue weighted by Gasteiger charge is -2.10. The van der Waals surface area contributed by atoms with E-state index in [0.717, 1.165) is 11.1 Å². The molecule has 194 valence electrons. The van der Waals surface area contributed by atoms with Gasteiger partial charge in [0.2, 0.25) is 26.6 Å². The van der Waals surface area contributed by atoms with E-state index >= 15 is 0 Å². The van der Waals surface area contributed by atoms with Gasteiger partial charge in [-0.15, -0.1) is 0 Å². The van der Waals surface area contributed by atoms with E-state index in [1.807, 2.05) is 32.0 Å². The quantitative estimate of drug-likeness (QED) is 0.274. The smallest absolute Gasteiger partial charge is 0.233 e. The van der Waals surface area contributed by atoms with Crippen LogP contribution in [-0.2, 0) is 16.3 Å². The number of anilines is 1. The molecule has 1 heterocycles. The summed E-state index contributed by atoms with van der Waals surface area (Å²) in [6, 6.07) is 19.5. The molecule has 8 nitrogen and oxygen atoms in total. The van der Waals surface area contributed by atoms with Crippen LogP contribution in [0.2, 0.25) is 0 Å². The predicted molar refractivity (Wildman–Crippen MR) is 141 cm³/mol. The van der Waals surface area contributed by atoms with Gasteiger partial charge in [-0.2, -0.15) is 4.98 Å². The van der Waals surface area contributed by atoms with Gasteiger partial charge in [-0.1, -0.05) is 23.8 Å². The highest BCUT2D eigenvalue weighted by Crippen LogP contribution is 2.33. The van der Waals surface area contributed by atoms with Crippen LogP contribution in [0, 0.1) is 6.92 Å². The monoisotopic (exact) mass is 522 g/mol. The van der Waals surface area contributed by atoms with Gasteiger partial charge >= 0.3 is 0 Å². The molecule has 0 saturated carbocycles. The van der Waals surface area contributed by atoms with Crippen molar-refractivity contribution in [1.82, 2.24) is 4.98 Å². The van der Waals surface area contributed by atoms with E-state index in [9.17, 15) is 8.42 Å². The van der Waals surface area contributed by atoms with Gasteiger partial charge in [-0.05, 0) is 74.4 Å². The summed E-state index contributed by atoms with van der Waals surface area (Å²) in [6.45, 7) is 4.76. The minimum absolute atomic E-state index is 0.0879. The van der Waals surface area contributed by atoms with E-state index in [4.69, 9.17) is 18.6 Å². The molecule has 0 aliphatic carbocycles. The Kier molecular flexibility index (Phi) is 8.03. The first-order valence-electron chi connectivity index (χ1n) is 11.9. The zero-order valence-corrected chi connectivity index (χ0v) is 22.1. The predicted octanol–water partition coefficient (Wildman–Crippen LogP) is 5.55. The molecule has 0 atom stereocenters. The largest absolute Gasteiger partial charge is 0.494 e. The maximum atomic E-state index is 13.5. The molecule has 0 aliphatic rings. The molecule has 1 aromatic heterocycles. The summed E-state index contributed by atoms with van der Waals surface area (Å²) < 4.78 is 49.2. The molecule has 0 radical (unpaired) electrons. The molecule has 0 bridgehead atoms. The fraction of sp³-hybridized carbons (Fsp3) is 0.250. The van der Waals surface area contributed by atoms with E-state index in [2.05, 4.69) is 10.3 Å². The Morgan fingerprint density at radius 2 is 1.62 bits per heavy atom. The Balaban J connectivity index is 1.64. The molecule has 3 aromatic carbocycles. The fourth-order valence-corrected chi connectivity index (χ4v) is 5.05. The Labute approximate surface area is 217 Å². The van der Waals surface area contributed by atoms with Crippen molar-refractivity contribution < 1.29 is 27.0 Å². The number of methoxy groups -OCH3 is 2. The molecule has 1 N–H and O–H groups in total. The number of oxazole rings is 1.